The number of rotatable bonds is 9. The molecule has 0 aromatic carbocycles. The van der Waals surface area contributed by atoms with Crippen LogP contribution < -0.4 is 10.2 Å². The van der Waals surface area contributed by atoms with Crippen molar-refractivity contribution in [3.63, 3.8) is 0 Å². The van der Waals surface area contributed by atoms with Crippen molar-refractivity contribution >= 4 is 11.6 Å². The number of ether oxygens (including phenoxy) is 1. The van der Waals surface area contributed by atoms with Crippen LogP contribution in [0.2, 0.25) is 0 Å². The Morgan fingerprint density at radius 2 is 2.24 bits per heavy atom. The lowest BCUT2D eigenvalue weighted by molar-refractivity contribution is 0.128. The highest BCUT2D eigenvalue weighted by molar-refractivity contribution is 5.51. The third-order valence-corrected chi connectivity index (χ3v) is 3.30. The standard InChI is InChI=1S/C15H23N5O/c1-3-17-13-10-15(19-14(18-13)11-21-4-2)20(9-5-8-16)12-6-7-12/h10,12H,3-7,9,11H2,1-2H3,(H,17,18,19). The highest BCUT2D eigenvalue weighted by Gasteiger charge is 2.30. The zero-order valence-electron chi connectivity index (χ0n) is 12.8. The Bertz CT molecular complexity index is 495. The minimum Gasteiger partial charge on any atom is -0.374 e. The Balaban J connectivity index is 2.21. The first-order valence-electron chi connectivity index (χ1n) is 7.61. The fraction of sp³-hybridized carbons (Fsp3) is 0.667. The van der Waals surface area contributed by atoms with E-state index in [1.54, 1.807) is 0 Å². The molecule has 0 atom stereocenters. The molecule has 0 spiro atoms. The summed E-state index contributed by atoms with van der Waals surface area (Å²) < 4.78 is 5.42. The quantitative estimate of drug-likeness (QED) is 0.752. The number of anilines is 2. The van der Waals surface area contributed by atoms with E-state index in [9.17, 15) is 0 Å². The first-order valence-corrected chi connectivity index (χ1v) is 7.61. The zero-order chi connectivity index (χ0) is 15.1. The van der Waals surface area contributed by atoms with Crippen LogP contribution in [-0.2, 0) is 11.3 Å². The first-order chi connectivity index (χ1) is 10.3. The normalized spacial score (nSPS) is 13.8. The Morgan fingerprint density at radius 1 is 1.43 bits per heavy atom. The topological polar surface area (TPSA) is 74.1 Å². The van der Waals surface area contributed by atoms with Crippen LogP contribution >= 0.6 is 0 Å². The molecule has 1 N–H and O–H groups in total. The van der Waals surface area contributed by atoms with Crippen molar-refractivity contribution in [1.29, 1.82) is 5.26 Å². The molecule has 0 aliphatic heterocycles. The molecule has 1 aliphatic carbocycles. The molecule has 1 heterocycles. The molecule has 1 aromatic rings. The van der Waals surface area contributed by atoms with Gasteiger partial charge < -0.3 is 15.0 Å². The highest BCUT2D eigenvalue weighted by Crippen LogP contribution is 2.31. The van der Waals surface area contributed by atoms with E-state index in [1.807, 2.05) is 19.9 Å². The van der Waals surface area contributed by atoms with Crippen LogP contribution in [0.25, 0.3) is 0 Å². The fourth-order valence-corrected chi connectivity index (χ4v) is 2.20. The lowest BCUT2D eigenvalue weighted by Gasteiger charge is -2.23. The minimum atomic E-state index is 0.416. The van der Waals surface area contributed by atoms with Gasteiger partial charge in [-0.2, -0.15) is 5.26 Å². The molecule has 2 rings (SSSR count). The molecule has 114 valence electrons. The van der Waals surface area contributed by atoms with Crippen LogP contribution in [0.4, 0.5) is 11.6 Å². The molecular formula is C15H23N5O. The molecule has 0 amide bonds. The SMILES string of the molecule is CCNc1cc(N(CCC#N)C2CC2)nc(COCC)n1. The number of nitrogens with zero attached hydrogens (tertiary/aromatic N) is 4. The third-order valence-electron chi connectivity index (χ3n) is 3.30. The van der Waals surface area contributed by atoms with Crippen molar-refractivity contribution in [2.45, 2.75) is 45.8 Å². The first kappa shape index (κ1) is 15.5. The molecule has 1 saturated carbocycles. The van der Waals surface area contributed by atoms with Crippen LogP contribution in [0.1, 0.15) is 38.9 Å². The molecule has 0 unspecified atom stereocenters. The molecule has 0 radical (unpaired) electrons. The summed E-state index contributed by atoms with van der Waals surface area (Å²) in [6.07, 6.45) is 2.86. The van der Waals surface area contributed by atoms with Gasteiger partial charge in [0.15, 0.2) is 5.82 Å². The van der Waals surface area contributed by atoms with E-state index in [1.165, 1.54) is 12.8 Å². The van der Waals surface area contributed by atoms with E-state index in [-0.39, 0.29) is 0 Å². The summed E-state index contributed by atoms with van der Waals surface area (Å²) in [5.41, 5.74) is 0. The molecule has 6 heteroatoms. The highest BCUT2D eigenvalue weighted by atomic mass is 16.5. The summed E-state index contributed by atoms with van der Waals surface area (Å²) in [5, 5.41) is 12.1. The second-order valence-electron chi connectivity index (χ2n) is 5.03. The Kier molecular flexibility index (Phi) is 5.76. The maximum atomic E-state index is 8.83. The van der Waals surface area contributed by atoms with E-state index < -0.39 is 0 Å². The predicted octanol–water partition coefficient (Wildman–Crippen LogP) is 2.33. The summed E-state index contributed by atoms with van der Waals surface area (Å²) >= 11 is 0. The number of aromatic nitrogens is 2. The van der Waals surface area contributed by atoms with Gasteiger partial charge in [-0.25, -0.2) is 9.97 Å². The van der Waals surface area contributed by atoms with Crippen molar-refractivity contribution in [2.75, 3.05) is 29.9 Å². The predicted molar refractivity (Wildman–Crippen MR) is 82.1 cm³/mol. The Hall–Kier alpha value is -1.87. The number of nitrogens with one attached hydrogen (secondary N) is 1. The van der Waals surface area contributed by atoms with Gasteiger partial charge in [-0.3, -0.25) is 0 Å². The van der Waals surface area contributed by atoms with Gasteiger partial charge in [-0.05, 0) is 26.7 Å². The lowest BCUT2D eigenvalue weighted by Crippen LogP contribution is -2.28. The smallest absolute Gasteiger partial charge is 0.158 e. The van der Waals surface area contributed by atoms with E-state index in [0.717, 1.165) is 24.7 Å². The molecule has 0 saturated heterocycles. The van der Waals surface area contributed by atoms with Crippen LogP contribution in [-0.4, -0.2) is 35.7 Å². The van der Waals surface area contributed by atoms with E-state index in [4.69, 9.17) is 10.00 Å². The van der Waals surface area contributed by atoms with Crippen molar-refractivity contribution in [1.82, 2.24) is 9.97 Å². The summed E-state index contributed by atoms with van der Waals surface area (Å²) in [7, 11) is 0. The van der Waals surface area contributed by atoms with Gasteiger partial charge in [-0.1, -0.05) is 0 Å². The molecule has 21 heavy (non-hydrogen) atoms. The average molecular weight is 289 g/mol. The second-order valence-corrected chi connectivity index (χ2v) is 5.03. The third kappa shape index (κ3) is 4.57. The van der Waals surface area contributed by atoms with E-state index in [0.29, 0.717) is 31.5 Å². The number of nitriles is 1. The van der Waals surface area contributed by atoms with Gasteiger partial charge in [-0.15, -0.1) is 0 Å². The molecular weight excluding hydrogens is 266 g/mol. The average Bonchev–Trinajstić information content (AvgIpc) is 3.30. The summed E-state index contributed by atoms with van der Waals surface area (Å²) in [6, 6.07) is 4.70. The fourth-order valence-electron chi connectivity index (χ4n) is 2.20. The van der Waals surface area contributed by atoms with Crippen LogP contribution in [0, 0.1) is 11.3 Å². The van der Waals surface area contributed by atoms with Gasteiger partial charge in [0.2, 0.25) is 0 Å². The van der Waals surface area contributed by atoms with Gasteiger partial charge in [0.05, 0.1) is 12.5 Å². The van der Waals surface area contributed by atoms with Gasteiger partial charge >= 0.3 is 0 Å². The van der Waals surface area contributed by atoms with Gasteiger partial charge in [0.25, 0.3) is 0 Å². The van der Waals surface area contributed by atoms with E-state index in [2.05, 4.69) is 26.3 Å². The molecule has 0 bridgehead atoms. The van der Waals surface area contributed by atoms with Crippen molar-refractivity contribution in [3.8, 4) is 6.07 Å². The Morgan fingerprint density at radius 3 is 2.86 bits per heavy atom. The molecule has 1 aliphatic rings. The van der Waals surface area contributed by atoms with Crippen LogP contribution in [0.5, 0.6) is 0 Å². The number of hydrogen-bond acceptors (Lipinski definition) is 6. The maximum absolute atomic E-state index is 8.83. The van der Waals surface area contributed by atoms with Crippen molar-refractivity contribution in [3.05, 3.63) is 11.9 Å². The summed E-state index contributed by atoms with van der Waals surface area (Å²) in [6.45, 7) is 6.59. The van der Waals surface area contributed by atoms with Crippen molar-refractivity contribution < 1.29 is 4.74 Å². The minimum absolute atomic E-state index is 0.416. The molecule has 1 aromatic heterocycles. The second kappa shape index (κ2) is 7.79. The maximum Gasteiger partial charge on any atom is 0.158 e. The van der Waals surface area contributed by atoms with E-state index >= 15 is 0 Å². The number of hydrogen-bond donors (Lipinski definition) is 1. The van der Waals surface area contributed by atoms with Crippen LogP contribution in [0.15, 0.2) is 6.07 Å². The lowest BCUT2D eigenvalue weighted by atomic mass is 10.3. The van der Waals surface area contributed by atoms with Crippen LogP contribution in [0.3, 0.4) is 0 Å². The summed E-state index contributed by atoms with van der Waals surface area (Å²) in [4.78, 5) is 11.3. The summed E-state index contributed by atoms with van der Waals surface area (Å²) in [5.74, 6) is 2.40. The molecule has 6 nitrogen and oxygen atoms in total. The van der Waals surface area contributed by atoms with Crippen molar-refractivity contribution in [2.24, 2.45) is 0 Å². The van der Waals surface area contributed by atoms with Gasteiger partial charge in [0, 0.05) is 31.8 Å². The largest absolute Gasteiger partial charge is 0.374 e. The zero-order valence-corrected chi connectivity index (χ0v) is 12.8. The monoisotopic (exact) mass is 289 g/mol. The Labute approximate surface area is 126 Å². The van der Waals surface area contributed by atoms with Gasteiger partial charge in [0.1, 0.15) is 18.2 Å². The molecule has 1 fully saturated rings.